The second-order valence-corrected chi connectivity index (χ2v) is 5.96. The average Bonchev–Trinajstić information content (AvgIpc) is 2.70. The van der Waals surface area contributed by atoms with Crippen molar-refractivity contribution in [2.24, 2.45) is 0 Å². The Hall–Kier alpha value is -3.55. The topological polar surface area (TPSA) is 114 Å². The Balaban J connectivity index is 1.83. The molecule has 0 aromatic heterocycles. The van der Waals surface area contributed by atoms with Gasteiger partial charge in [0.25, 0.3) is 5.91 Å². The van der Waals surface area contributed by atoms with Gasteiger partial charge in [-0.2, -0.15) is 0 Å². The average molecular weight is 386 g/mol. The Kier molecular flexibility index (Phi) is 7.38. The number of aliphatic carboxylic acids is 1. The summed E-state index contributed by atoms with van der Waals surface area (Å²) in [5.41, 5.74) is 1.22. The van der Waals surface area contributed by atoms with Crippen LogP contribution < -0.4 is 20.1 Å². The Morgan fingerprint density at radius 1 is 1.07 bits per heavy atom. The molecule has 8 nitrogen and oxygen atoms in total. The molecule has 0 heterocycles. The van der Waals surface area contributed by atoms with Crippen LogP contribution in [0.25, 0.3) is 0 Å². The molecular formula is C20H22N2O6. The van der Waals surface area contributed by atoms with Crippen LogP contribution in [0.1, 0.15) is 28.9 Å². The van der Waals surface area contributed by atoms with Gasteiger partial charge in [-0.1, -0.05) is 18.2 Å². The molecular weight excluding hydrogens is 364 g/mol. The first-order valence-electron chi connectivity index (χ1n) is 8.55. The monoisotopic (exact) mass is 386 g/mol. The number of ether oxygens (including phenoxy) is 2. The van der Waals surface area contributed by atoms with Crippen LogP contribution in [0.15, 0.2) is 48.5 Å². The van der Waals surface area contributed by atoms with Crippen molar-refractivity contribution in [1.29, 1.82) is 0 Å². The van der Waals surface area contributed by atoms with Crippen LogP contribution in [0.4, 0.5) is 0 Å². The smallest absolute Gasteiger partial charge is 0.341 e. The van der Waals surface area contributed by atoms with Crippen molar-refractivity contribution < 1.29 is 29.0 Å². The molecule has 3 N–H and O–H groups in total. The van der Waals surface area contributed by atoms with Gasteiger partial charge in [0.1, 0.15) is 11.5 Å². The first-order chi connectivity index (χ1) is 13.4. The molecule has 1 unspecified atom stereocenters. The highest BCUT2D eigenvalue weighted by Crippen LogP contribution is 2.17. The number of carboxylic acid groups (broad SMARTS) is 1. The molecule has 0 radical (unpaired) electrons. The van der Waals surface area contributed by atoms with Crippen molar-refractivity contribution in [2.75, 3.05) is 20.3 Å². The maximum Gasteiger partial charge on any atom is 0.341 e. The summed E-state index contributed by atoms with van der Waals surface area (Å²) in [6.07, 6.45) is 0. The first-order valence-corrected chi connectivity index (χ1v) is 8.55. The van der Waals surface area contributed by atoms with Gasteiger partial charge < -0.3 is 25.2 Å². The van der Waals surface area contributed by atoms with E-state index < -0.39 is 12.6 Å². The van der Waals surface area contributed by atoms with E-state index in [0.717, 1.165) is 5.56 Å². The third kappa shape index (κ3) is 6.31. The van der Waals surface area contributed by atoms with Crippen molar-refractivity contribution in [3.8, 4) is 11.5 Å². The SMILES string of the molecule is COc1cccc(C(=O)NCC(=O)NC(C)c2ccc(OCC(=O)O)cc2)c1. The van der Waals surface area contributed by atoms with Gasteiger partial charge in [-0.3, -0.25) is 9.59 Å². The van der Waals surface area contributed by atoms with Gasteiger partial charge >= 0.3 is 5.97 Å². The predicted molar refractivity (Wildman–Crippen MR) is 101 cm³/mol. The maximum absolute atomic E-state index is 12.1. The lowest BCUT2D eigenvalue weighted by Gasteiger charge is -2.15. The van der Waals surface area contributed by atoms with Crippen molar-refractivity contribution in [1.82, 2.24) is 10.6 Å². The van der Waals surface area contributed by atoms with E-state index in [-0.39, 0.29) is 24.4 Å². The molecule has 0 fully saturated rings. The standard InChI is InChI=1S/C20H22N2O6/c1-13(14-6-8-16(9-7-14)28-12-19(24)25)22-18(23)11-21-20(26)15-4-3-5-17(10-15)27-2/h3-10,13H,11-12H2,1-2H3,(H,21,26)(H,22,23)(H,24,25). The van der Waals surface area contributed by atoms with Crippen molar-refractivity contribution in [3.63, 3.8) is 0 Å². The molecule has 2 rings (SSSR count). The van der Waals surface area contributed by atoms with Crippen LogP contribution in [0.2, 0.25) is 0 Å². The minimum atomic E-state index is -1.05. The molecule has 2 aromatic rings. The van der Waals surface area contributed by atoms with E-state index in [0.29, 0.717) is 17.1 Å². The summed E-state index contributed by atoms with van der Waals surface area (Å²) >= 11 is 0. The molecule has 28 heavy (non-hydrogen) atoms. The highest BCUT2D eigenvalue weighted by Gasteiger charge is 2.12. The Morgan fingerprint density at radius 2 is 1.79 bits per heavy atom. The highest BCUT2D eigenvalue weighted by molar-refractivity contribution is 5.96. The Bertz CT molecular complexity index is 835. The van der Waals surface area contributed by atoms with Crippen LogP contribution in [-0.2, 0) is 9.59 Å². The summed E-state index contributed by atoms with van der Waals surface area (Å²) in [6, 6.07) is 13.1. The van der Waals surface area contributed by atoms with Crippen LogP contribution in [-0.4, -0.2) is 43.2 Å². The third-order valence-corrected chi connectivity index (χ3v) is 3.86. The minimum absolute atomic E-state index is 0.166. The van der Waals surface area contributed by atoms with Crippen molar-refractivity contribution in [3.05, 3.63) is 59.7 Å². The molecule has 0 spiro atoms. The van der Waals surface area contributed by atoms with E-state index in [1.165, 1.54) is 7.11 Å². The number of hydrogen-bond acceptors (Lipinski definition) is 5. The molecule has 8 heteroatoms. The number of carbonyl (C=O) groups is 3. The van der Waals surface area contributed by atoms with Crippen molar-refractivity contribution >= 4 is 17.8 Å². The number of nitrogens with one attached hydrogen (secondary N) is 2. The maximum atomic E-state index is 12.1. The molecule has 0 aliphatic heterocycles. The van der Waals surface area contributed by atoms with Gasteiger partial charge in [0.05, 0.1) is 19.7 Å². The lowest BCUT2D eigenvalue weighted by molar-refractivity contribution is -0.139. The summed E-state index contributed by atoms with van der Waals surface area (Å²) in [7, 11) is 1.51. The second kappa shape index (κ2) is 9.96. The lowest BCUT2D eigenvalue weighted by atomic mass is 10.1. The number of amides is 2. The van der Waals surface area contributed by atoms with E-state index in [9.17, 15) is 14.4 Å². The number of benzene rings is 2. The second-order valence-electron chi connectivity index (χ2n) is 5.96. The lowest BCUT2D eigenvalue weighted by Crippen LogP contribution is -2.38. The van der Waals surface area contributed by atoms with E-state index in [4.69, 9.17) is 14.6 Å². The van der Waals surface area contributed by atoms with Gasteiger partial charge in [-0.25, -0.2) is 4.79 Å². The molecule has 1 atom stereocenters. The molecule has 0 aliphatic rings. The van der Waals surface area contributed by atoms with E-state index >= 15 is 0 Å². The number of hydrogen-bond donors (Lipinski definition) is 3. The summed E-state index contributed by atoms with van der Waals surface area (Å²) in [5, 5.41) is 13.9. The van der Waals surface area contributed by atoms with Gasteiger partial charge in [0.15, 0.2) is 6.61 Å². The van der Waals surface area contributed by atoms with E-state index in [1.807, 2.05) is 0 Å². The fourth-order valence-electron chi connectivity index (χ4n) is 2.40. The number of methoxy groups -OCH3 is 1. The molecule has 0 saturated heterocycles. The highest BCUT2D eigenvalue weighted by atomic mass is 16.5. The van der Waals surface area contributed by atoms with Crippen LogP contribution in [0.3, 0.4) is 0 Å². The molecule has 0 aliphatic carbocycles. The summed E-state index contributed by atoms with van der Waals surface area (Å²) < 4.78 is 10.1. The first kappa shape index (κ1) is 20.8. The number of rotatable bonds is 9. The molecule has 2 aromatic carbocycles. The number of carbonyl (C=O) groups excluding carboxylic acids is 2. The van der Waals surface area contributed by atoms with Gasteiger partial charge in [-0.15, -0.1) is 0 Å². The zero-order valence-electron chi connectivity index (χ0n) is 15.6. The Labute approximate surface area is 162 Å². The minimum Gasteiger partial charge on any atom is -0.497 e. The van der Waals surface area contributed by atoms with Gasteiger partial charge in [0.2, 0.25) is 5.91 Å². The Morgan fingerprint density at radius 3 is 2.43 bits per heavy atom. The van der Waals surface area contributed by atoms with E-state index in [1.54, 1.807) is 55.5 Å². The van der Waals surface area contributed by atoms with E-state index in [2.05, 4.69) is 10.6 Å². The summed E-state index contributed by atoms with van der Waals surface area (Å²) in [6.45, 7) is 1.22. The quantitative estimate of drug-likeness (QED) is 0.605. The number of carboxylic acids is 1. The third-order valence-electron chi connectivity index (χ3n) is 3.86. The fraction of sp³-hybridized carbons (Fsp3) is 0.250. The summed E-state index contributed by atoms with van der Waals surface area (Å²) in [4.78, 5) is 34.7. The zero-order chi connectivity index (χ0) is 20.5. The molecule has 0 bridgehead atoms. The predicted octanol–water partition coefficient (Wildman–Crippen LogP) is 1.77. The molecule has 148 valence electrons. The van der Waals surface area contributed by atoms with Crippen LogP contribution in [0, 0.1) is 0 Å². The van der Waals surface area contributed by atoms with Gasteiger partial charge in [0, 0.05) is 5.56 Å². The normalized spacial score (nSPS) is 11.2. The van der Waals surface area contributed by atoms with Crippen LogP contribution >= 0.6 is 0 Å². The zero-order valence-corrected chi connectivity index (χ0v) is 15.6. The summed E-state index contributed by atoms with van der Waals surface area (Å²) in [5.74, 6) is -0.783. The fourth-order valence-corrected chi connectivity index (χ4v) is 2.40. The molecule has 0 saturated carbocycles. The van der Waals surface area contributed by atoms with Crippen LogP contribution in [0.5, 0.6) is 11.5 Å². The van der Waals surface area contributed by atoms with Crippen molar-refractivity contribution in [2.45, 2.75) is 13.0 Å². The molecule has 2 amide bonds. The largest absolute Gasteiger partial charge is 0.497 e. The van der Waals surface area contributed by atoms with Gasteiger partial charge in [-0.05, 0) is 42.8 Å².